The number of rotatable bonds is 4. The SMILES string of the molecule is Cc1cc(CNC(=O)NCc2ccccc2)ncn1. The van der Waals surface area contributed by atoms with Crippen LogP contribution in [0.25, 0.3) is 0 Å². The fraction of sp³-hybridized carbons (Fsp3) is 0.214. The van der Waals surface area contributed by atoms with Gasteiger partial charge in [0, 0.05) is 12.2 Å². The summed E-state index contributed by atoms with van der Waals surface area (Å²) in [6.45, 7) is 2.79. The Balaban J connectivity index is 1.76. The van der Waals surface area contributed by atoms with E-state index in [4.69, 9.17) is 0 Å². The van der Waals surface area contributed by atoms with Crippen LogP contribution < -0.4 is 10.6 Å². The molecular formula is C14H16N4O. The van der Waals surface area contributed by atoms with Crippen LogP contribution in [0.15, 0.2) is 42.7 Å². The molecule has 0 aliphatic carbocycles. The highest BCUT2D eigenvalue weighted by molar-refractivity contribution is 5.73. The molecule has 0 aliphatic heterocycles. The molecule has 0 saturated heterocycles. The lowest BCUT2D eigenvalue weighted by Crippen LogP contribution is -2.34. The van der Waals surface area contributed by atoms with Gasteiger partial charge >= 0.3 is 6.03 Å². The third kappa shape index (κ3) is 4.39. The Bertz CT molecular complexity index is 542. The number of hydrogen-bond acceptors (Lipinski definition) is 3. The van der Waals surface area contributed by atoms with E-state index in [0.717, 1.165) is 17.0 Å². The molecule has 0 unspecified atom stereocenters. The van der Waals surface area contributed by atoms with Crippen LogP contribution in [0.2, 0.25) is 0 Å². The molecule has 19 heavy (non-hydrogen) atoms. The van der Waals surface area contributed by atoms with Gasteiger partial charge in [-0.2, -0.15) is 0 Å². The number of nitrogens with zero attached hydrogens (tertiary/aromatic N) is 2. The number of aromatic nitrogens is 2. The number of carbonyl (C=O) groups is 1. The number of benzene rings is 1. The number of nitrogens with one attached hydrogen (secondary N) is 2. The van der Waals surface area contributed by atoms with Gasteiger partial charge in [-0.15, -0.1) is 0 Å². The zero-order valence-corrected chi connectivity index (χ0v) is 10.8. The molecule has 2 amide bonds. The van der Waals surface area contributed by atoms with E-state index < -0.39 is 0 Å². The normalized spacial score (nSPS) is 9.95. The molecule has 0 spiro atoms. The van der Waals surface area contributed by atoms with E-state index in [-0.39, 0.29) is 6.03 Å². The minimum Gasteiger partial charge on any atom is -0.334 e. The van der Waals surface area contributed by atoms with Gasteiger partial charge in [-0.25, -0.2) is 14.8 Å². The van der Waals surface area contributed by atoms with Crippen molar-refractivity contribution >= 4 is 6.03 Å². The maximum atomic E-state index is 11.6. The summed E-state index contributed by atoms with van der Waals surface area (Å²) in [5, 5.41) is 5.55. The van der Waals surface area contributed by atoms with Gasteiger partial charge in [0.05, 0.1) is 12.2 Å². The molecule has 0 atom stereocenters. The van der Waals surface area contributed by atoms with E-state index in [2.05, 4.69) is 20.6 Å². The number of carbonyl (C=O) groups excluding carboxylic acids is 1. The monoisotopic (exact) mass is 256 g/mol. The van der Waals surface area contributed by atoms with Crippen LogP contribution >= 0.6 is 0 Å². The molecule has 1 aromatic carbocycles. The van der Waals surface area contributed by atoms with Crippen molar-refractivity contribution in [1.29, 1.82) is 0 Å². The third-order valence-corrected chi connectivity index (χ3v) is 2.59. The standard InChI is InChI=1S/C14H16N4O/c1-11-7-13(18-10-17-11)9-16-14(19)15-8-12-5-3-2-4-6-12/h2-7,10H,8-9H2,1H3,(H2,15,16,19). The Labute approximate surface area is 112 Å². The molecular weight excluding hydrogens is 240 g/mol. The summed E-state index contributed by atoms with van der Waals surface area (Å²) in [4.78, 5) is 19.7. The van der Waals surface area contributed by atoms with Gasteiger partial charge in [-0.05, 0) is 18.6 Å². The predicted molar refractivity (Wildman–Crippen MR) is 72.3 cm³/mol. The van der Waals surface area contributed by atoms with Crippen molar-refractivity contribution in [2.24, 2.45) is 0 Å². The maximum absolute atomic E-state index is 11.6. The summed E-state index contributed by atoms with van der Waals surface area (Å²) in [6.07, 6.45) is 1.49. The molecule has 0 fully saturated rings. The fourth-order valence-corrected chi connectivity index (χ4v) is 1.62. The van der Waals surface area contributed by atoms with E-state index in [9.17, 15) is 4.79 Å². The van der Waals surface area contributed by atoms with Crippen molar-refractivity contribution < 1.29 is 4.79 Å². The maximum Gasteiger partial charge on any atom is 0.315 e. The molecule has 5 nitrogen and oxygen atoms in total. The van der Waals surface area contributed by atoms with Gasteiger partial charge in [0.1, 0.15) is 6.33 Å². The topological polar surface area (TPSA) is 66.9 Å². The highest BCUT2D eigenvalue weighted by Crippen LogP contribution is 1.98. The lowest BCUT2D eigenvalue weighted by Gasteiger charge is -2.07. The average molecular weight is 256 g/mol. The molecule has 5 heteroatoms. The number of aryl methyl sites for hydroxylation is 1. The van der Waals surface area contributed by atoms with Crippen LogP contribution in [-0.2, 0) is 13.1 Å². The van der Waals surface area contributed by atoms with E-state index >= 15 is 0 Å². The van der Waals surface area contributed by atoms with Crippen molar-refractivity contribution in [3.05, 3.63) is 59.7 Å². The van der Waals surface area contributed by atoms with Crippen molar-refractivity contribution in [3.8, 4) is 0 Å². The number of amides is 2. The second kappa shape index (κ2) is 6.49. The Hall–Kier alpha value is -2.43. The summed E-state index contributed by atoms with van der Waals surface area (Å²) in [6, 6.07) is 11.4. The van der Waals surface area contributed by atoms with Crippen LogP contribution in [0.4, 0.5) is 4.79 Å². The fourth-order valence-electron chi connectivity index (χ4n) is 1.62. The van der Waals surface area contributed by atoms with E-state index in [1.807, 2.05) is 43.3 Å². The van der Waals surface area contributed by atoms with Crippen LogP contribution in [0.3, 0.4) is 0 Å². The highest BCUT2D eigenvalue weighted by Gasteiger charge is 2.01. The lowest BCUT2D eigenvalue weighted by atomic mass is 10.2. The van der Waals surface area contributed by atoms with E-state index in [1.54, 1.807) is 0 Å². The third-order valence-electron chi connectivity index (χ3n) is 2.59. The second-order valence-electron chi connectivity index (χ2n) is 4.17. The molecule has 2 aromatic rings. The van der Waals surface area contributed by atoms with Crippen molar-refractivity contribution in [2.75, 3.05) is 0 Å². The van der Waals surface area contributed by atoms with Crippen LogP contribution in [0.1, 0.15) is 17.0 Å². The van der Waals surface area contributed by atoms with Gasteiger partial charge in [0.25, 0.3) is 0 Å². The van der Waals surface area contributed by atoms with E-state index in [1.165, 1.54) is 6.33 Å². The van der Waals surface area contributed by atoms with Crippen LogP contribution in [-0.4, -0.2) is 16.0 Å². The van der Waals surface area contributed by atoms with E-state index in [0.29, 0.717) is 13.1 Å². The molecule has 0 bridgehead atoms. The minimum atomic E-state index is -0.208. The molecule has 0 saturated carbocycles. The molecule has 1 aromatic heterocycles. The quantitative estimate of drug-likeness (QED) is 0.876. The molecule has 0 radical (unpaired) electrons. The van der Waals surface area contributed by atoms with Gasteiger partial charge in [-0.3, -0.25) is 0 Å². The molecule has 98 valence electrons. The zero-order chi connectivity index (χ0) is 13.5. The zero-order valence-electron chi connectivity index (χ0n) is 10.8. The predicted octanol–water partition coefficient (Wildman–Crippen LogP) is 1.78. The highest BCUT2D eigenvalue weighted by atomic mass is 16.2. The molecule has 0 aliphatic rings. The summed E-state index contributed by atoms with van der Waals surface area (Å²) in [7, 11) is 0. The van der Waals surface area contributed by atoms with Gasteiger partial charge in [0.2, 0.25) is 0 Å². The Morgan fingerprint density at radius 3 is 2.58 bits per heavy atom. The summed E-state index contributed by atoms with van der Waals surface area (Å²) in [5.74, 6) is 0. The Morgan fingerprint density at radius 1 is 1.11 bits per heavy atom. The molecule has 2 N–H and O–H groups in total. The van der Waals surface area contributed by atoms with Gasteiger partial charge in [-0.1, -0.05) is 30.3 Å². The van der Waals surface area contributed by atoms with Crippen LogP contribution in [0, 0.1) is 6.92 Å². The first-order valence-corrected chi connectivity index (χ1v) is 6.07. The molecule has 1 heterocycles. The first-order chi connectivity index (χ1) is 9.24. The Kier molecular flexibility index (Phi) is 4.44. The van der Waals surface area contributed by atoms with Crippen molar-refractivity contribution in [3.63, 3.8) is 0 Å². The smallest absolute Gasteiger partial charge is 0.315 e. The first kappa shape index (κ1) is 13.0. The average Bonchev–Trinajstić information content (AvgIpc) is 2.44. The Morgan fingerprint density at radius 2 is 1.84 bits per heavy atom. The van der Waals surface area contributed by atoms with Crippen molar-refractivity contribution in [1.82, 2.24) is 20.6 Å². The first-order valence-electron chi connectivity index (χ1n) is 6.07. The summed E-state index contributed by atoms with van der Waals surface area (Å²) in [5.41, 5.74) is 2.74. The van der Waals surface area contributed by atoms with Crippen LogP contribution in [0.5, 0.6) is 0 Å². The molecule has 2 rings (SSSR count). The summed E-state index contributed by atoms with van der Waals surface area (Å²) >= 11 is 0. The number of hydrogen-bond donors (Lipinski definition) is 2. The van der Waals surface area contributed by atoms with Gasteiger partial charge in [0.15, 0.2) is 0 Å². The second-order valence-corrected chi connectivity index (χ2v) is 4.17. The number of urea groups is 1. The largest absolute Gasteiger partial charge is 0.334 e. The minimum absolute atomic E-state index is 0.208. The van der Waals surface area contributed by atoms with Gasteiger partial charge < -0.3 is 10.6 Å². The summed E-state index contributed by atoms with van der Waals surface area (Å²) < 4.78 is 0. The lowest BCUT2D eigenvalue weighted by molar-refractivity contribution is 0.240. The van der Waals surface area contributed by atoms with Crippen molar-refractivity contribution in [2.45, 2.75) is 20.0 Å².